The Kier molecular flexibility index (Phi) is 6.45. The van der Waals surface area contributed by atoms with E-state index in [2.05, 4.69) is 6.92 Å². The third kappa shape index (κ3) is 3.62. The molecule has 0 bridgehead atoms. The SMILES string of the molecule is CCC(N)CCOc1ccc2c(C)c(C)c(=O)oc2c1C.Cl. The topological polar surface area (TPSA) is 65.5 Å². The first kappa shape index (κ1) is 18.5. The third-order valence-electron chi connectivity index (χ3n) is 4.09. The first-order valence-corrected chi connectivity index (χ1v) is 7.37. The third-order valence-corrected chi connectivity index (χ3v) is 4.09. The van der Waals surface area contributed by atoms with Crippen molar-refractivity contribution in [3.05, 3.63) is 39.2 Å². The Morgan fingerprint density at radius 1 is 1.18 bits per heavy atom. The molecule has 1 unspecified atom stereocenters. The van der Waals surface area contributed by atoms with Gasteiger partial charge in [0.15, 0.2) is 0 Å². The number of ether oxygens (including phenoxy) is 1. The van der Waals surface area contributed by atoms with Crippen molar-refractivity contribution < 1.29 is 9.15 Å². The monoisotopic (exact) mass is 325 g/mol. The second-order valence-corrected chi connectivity index (χ2v) is 5.51. The molecule has 22 heavy (non-hydrogen) atoms. The fourth-order valence-corrected chi connectivity index (χ4v) is 2.31. The maximum Gasteiger partial charge on any atom is 0.339 e. The summed E-state index contributed by atoms with van der Waals surface area (Å²) in [6.45, 7) is 8.26. The molecule has 1 aromatic heterocycles. The molecular weight excluding hydrogens is 302 g/mol. The van der Waals surface area contributed by atoms with Crippen molar-refractivity contribution in [2.45, 2.75) is 46.6 Å². The van der Waals surface area contributed by atoms with Crippen molar-refractivity contribution in [3.8, 4) is 5.75 Å². The highest BCUT2D eigenvalue weighted by Crippen LogP contribution is 2.29. The van der Waals surface area contributed by atoms with E-state index < -0.39 is 0 Å². The molecule has 1 aromatic carbocycles. The van der Waals surface area contributed by atoms with Crippen molar-refractivity contribution in [1.82, 2.24) is 0 Å². The van der Waals surface area contributed by atoms with Gasteiger partial charge < -0.3 is 14.9 Å². The van der Waals surface area contributed by atoms with Crippen LogP contribution in [0.2, 0.25) is 0 Å². The molecule has 2 N–H and O–H groups in total. The van der Waals surface area contributed by atoms with Crippen LogP contribution >= 0.6 is 12.4 Å². The summed E-state index contributed by atoms with van der Waals surface area (Å²) >= 11 is 0. The molecule has 1 atom stereocenters. The minimum atomic E-state index is -0.284. The molecule has 0 radical (unpaired) electrons. The second kappa shape index (κ2) is 7.65. The van der Waals surface area contributed by atoms with Crippen LogP contribution in [0, 0.1) is 20.8 Å². The van der Waals surface area contributed by atoms with E-state index in [4.69, 9.17) is 14.9 Å². The molecule has 2 rings (SSSR count). The van der Waals surface area contributed by atoms with Crippen molar-refractivity contribution in [2.75, 3.05) is 6.61 Å². The number of hydrogen-bond acceptors (Lipinski definition) is 4. The normalized spacial score (nSPS) is 12.0. The average Bonchev–Trinajstić information content (AvgIpc) is 2.47. The van der Waals surface area contributed by atoms with Gasteiger partial charge in [-0.3, -0.25) is 0 Å². The quantitative estimate of drug-likeness (QED) is 0.852. The Labute approximate surface area is 137 Å². The maximum absolute atomic E-state index is 11.8. The molecule has 1 heterocycles. The van der Waals surface area contributed by atoms with Gasteiger partial charge in [0.2, 0.25) is 0 Å². The standard InChI is InChI=1S/C17H23NO3.ClH/c1-5-13(18)8-9-20-15-7-6-14-10(2)11(3)17(19)21-16(14)12(15)4;/h6-7,13H,5,8-9,18H2,1-4H3;1H. The zero-order valence-electron chi connectivity index (χ0n) is 13.6. The fraction of sp³-hybridized carbons (Fsp3) is 0.471. The van der Waals surface area contributed by atoms with Crippen LogP contribution in [0.3, 0.4) is 0 Å². The molecule has 0 saturated heterocycles. The highest BCUT2D eigenvalue weighted by Gasteiger charge is 2.13. The van der Waals surface area contributed by atoms with Gasteiger partial charge in [0, 0.05) is 22.6 Å². The second-order valence-electron chi connectivity index (χ2n) is 5.51. The first-order chi connectivity index (χ1) is 9.95. The van der Waals surface area contributed by atoms with E-state index in [1.165, 1.54) is 0 Å². The summed E-state index contributed by atoms with van der Waals surface area (Å²) in [4.78, 5) is 11.8. The molecule has 5 heteroatoms. The molecule has 0 aliphatic rings. The van der Waals surface area contributed by atoms with Gasteiger partial charge in [-0.1, -0.05) is 6.92 Å². The lowest BCUT2D eigenvalue weighted by Gasteiger charge is -2.14. The van der Waals surface area contributed by atoms with E-state index >= 15 is 0 Å². The van der Waals surface area contributed by atoms with Crippen LogP contribution in [0.25, 0.3) is 11.0 Å². The van der Waals surface area contributed by atoms with Crippen molar-refractivity contribution in [3.63, 3.8) is 0 Å². The van der Waals surface area contributed by atoms with E-state index in [1.54, 1.807) is 6.92 Å². The van der Waals surface area contributed by atoms with E-state index in [1.807, 2.05) is 26.0 Å². The van der Waals surface area contributed by atoms with Crippen LogP contribution in [-0.2, 0) is 0 Å². The summed E-state index contributed by atoms with van der Waals surface area (Å²) in [7, 11) is 0. The smallest absolute Gasteiger partial charge is 0.339 e. The van der Waals surface area contributed by atoms with Crippen LogP contribution in [0.5, 0.6) is 5.75 Å². The molecule has 0 amide bonds. The maximum atomic E-state index is 11.8. The predicted molar refractivity (Wildman–Crippen MR) is 92.3 cm³/mol. The summed E-state index contributed by atoms with van der Waals surface area (Å²) in [6.07, 6.45) is 1.75. The number of aryl methyl sites for hydroxylation is 2. The largest absolute Gasteiger partial charge is 0.493 e. The summed E-state index contributed by atoms with van der Waals surface area (Å²) in [5, 5.41) is 0.960. The molecule has 0 fully saturated rings. The van der Waals surface area contributed by atoms with Crippen LogP contribution in [-0.4, -0.2) is 12.6 Å². The number of benzene rings is 1. The molecular formula is C17H24ClNO3. The van der Waals surface area contributed by atoms with Crippen molar-refractivity contribution in [2.24, 2.45) is 5.73 Å². The lowest BCUT2D eigenvalue weighted by atomic mass is 10.0. The Hall–Kier alpha value is -1.52. The molecule has 0 aliphatic carbocycles. The lowest BCUT2D eigenvalue weighted by Crippen LogP contribution is -2.21. The van der Waals surface area contributed by atoms with Gasteiger partial charge in [-0.25, -0.2) is 4.79 Å². The summed E-state index contributed by atoms with van der Waals surface area (Å²) < 4.78 is 11.2. The van der Waals surface area contributed by atoms with E-state index in [0.717, 1.165) is 35.1 Å². The van der Waals surface area contributed by atoms with Gasteiger partial charge >= 0.3 is 5.63 Å². The zero-order valence-corrected chi connectivity index (χ0v) is 14.4. The van der Waals surface area contributed by atoms with Crippen LogP contribution in [0.1, 0.15) is 36.5 Å². The fourth-order valence-electron chi connectivity index (χ4n) is 2.31. The molecule has 0 aliphatic heterocycles. The number of fused-ring (bicyclic) bond motifs is 1. The lowest BCUT2D eigenvalue weighted by molar-refractivity contribution is 0.294. The number of nitrogens with two attached hydrogens (primary N) is 1. The van der Waals surface area contributed by atoms with Crippen molar-refractivity contribution >= 4 is 23.4 Å². The van der Waals surface area contributed by atoms with E-state index in [-0.39, 0.29) is 24.1 Å². The van der Waals surface area contributed by atoms with E-state index in [0.29, 0.717) is 17.8 Å². The van der Waals surface area contributed by atoms with Crippen LogP contribution in [0.15, 0.2) is 21.3 Å². The van der Waals surface area contributed by atoms with Gasteiger partial charge in [0.1, 0.15) is 11.3 Å². The Morgan fingerprint density at radius 2 is 1.86 bits per heavy atom. The first-order valence-electron chi connectivity index (χ1n) is 7.37. The molecule has 2 aromatic rings. The summed E-state index contributed by atoms with van der Waals surface area (Å²) in [6, 6.07) is 4.04. The Balaban J connectivity index is 0.00000242. The highest BCUT2D eigenvalue weighted by molar-refractivity contribution is 5.85. The minimum Gasteiger partial charge on any atom is -0.493 e. The minimum absolute atomic E-state index is 0. The Bertz CT molecular complexity index is 709. The molecule has 122 valence electrons. The number of rotatable bonds is 5. The van der Waals surface area contributed by atoms with Gasteiger partial charge in [0.25, 0.3) is 0 Å². The summed E-state index contributed by atoms with van der Waals surface area (Å²) in [5.41, 5.74) is 8.69. The van der Waals surface area contributed by atoms with Gasteiger partial charge in [-0.15, -0.1) is 12.4 Å². The van der Waals surface area contributed by atoms with Crippen molar-refractivity contribution in [1.29, 1.82) is 0 Å². The van der Waals surface area contributed by atoms with E-state index in [9.17, 15) is 4.79 Å². The van der Waals surface area contributed by atoms with Gasteiger partial charge in [-0.05, 0) is 51.3 Å². The molecule has 0 saturated carbocycles. The highest BCUT2D eigenvalue weighted by atomic mass is 35.5. The average molecular weight is 326 g/mol. The number of halogens is 1. The zero-order chi connectivity index (χ0) is 15.6. The molecule has 0 spiro atoms. The predicted octanol–water partition coefficient (Wildman–Crippen LogP) is 3.65. The van der Waals surface area contributed by atoms with Crippen LogP contribution in [0.4, 0.5) is 0 Å². The number of hydrogen-bond donors (Lipinski definition) is 1. The van der Waals surface area contributed by atoms with Gasteiger partial charge in [-0.2, -0.15) is 0 Å². The summed E-state index contributed by atoms with van der Waals surface area (Å²) in [5.74, 6) is 0.747. The van der Waals surface area contributed by atoms with Gasteiger partial charge in [0.05, 0.1) is 6.61 Å². The molecule has 4 nitrogen and oxygen atoms in total. The van der Waals surface area contributed by atoms with Crippen LogP contribution < -0.4 is 16.1 Å². The Morgan fingerprint density at radius 3 is 2.50 bits per heavy atom.